The van der Waals surface area contributed by atoms with E-state index in [1.54, 1.807) is 22.0 Å². The number of hydrogen-bond acceptors (Lipinski definition) is 3. The molecule has 5 nitrogen and oxygen atoms in total. The van der Waals surface area contributed by atoms with Crippen molar-refractivity contribution in [1.82, 2.24) is 14.5 Å². The molecule has 0 aliphatic rings. The zero-order valence-corrected chi connectivity index (χ0v) is 12.2. The molecule has 2 aromatic rings. The van der Waals surface area contributed by atoms with Gasteiger partial charge in [0.2, 0.25) is 0 Å². The standard InChI is InChI=1S/C14H18N4O.ClH/c1-17-10-13(16-11-17)14(19)18(8-7-15)9-12-5-3-2-4-6-12;/h2-6,10-11H,7-9,15H2,1H3;1H. The van der Waals surface area contributed by atoms with Crippen LogP contribution in [0.5, 0.6) is 0 Å². The quantitative estimate of drug-likeness (QED) is 0.907. The van der Waals surface area contributed by atoms with Crippen molar-refractivity contribution in [3.63, 3.8) is 0 Å². The molecule has 0 aliphatic heterocycles. The first-order valence-corrected chi connectivity index (χ1v) is 6.22. The van der Waals surface area contributed by atoms with Gasteiger partial charge in [0.25, 0.3) is 5.91 Å². The van der Waals surface area contributed by atoms with E-state index in [9.17, 15) is 4.79 Å². The van der Waals surface area contributed by atoms with Gasteiger partial charge in [-0.25, -0.2) is 4.98 Å². The van der Waals surface area contributed by atoms with Gasteiger partial charge in [0.05, 0.1) is 6.33 Å². The number of aryl methyl sites for hydroxylation is 1. The molecule has 2 rings (SSSR count). The molecule has 1 amide bonds. The molecule has 0 unspecified atom stereocenters. The van der Waals surface area contributed by atoms with Crippen LogP contribution in [0, 0.1) is 0 Å². The Morgan fingerprint density at radius 1 is 1.35 bits per heavy atom. The Morgan fingerprint density at radius 3 is 2.60 bits per heavy atom. The van der Waals surface area contributed by atoms with Gasteiger partial charge in [-0.2, -0.15) is 0 Å². The number of aromatic nitrogens is 2. The van der Waals surface area contributed by atoms with Crippen LogP contribution >= 0.6 is 12.4 Å². The smallest absolute Gasteiger partial charge is 0.274 e. The summed E-state index contributed by atoms with van der Waals surface area (Å²) in [6, 6.07) is 9.87. The maximum absolute atomic E-state index is 12.3. The van der Waals surface area contributed by atoms with Crippen LogP contribution < -0.4 is 5.73 Å². The van der Waals surface area contributed by atoms with Crippen LogP contribution in [-0.2, 0) is 13.6 Å². The number of hydrogen-bond donors (Lipinski definition) is 1. The fourth-order valence-corrected chi connectivity index (χ4v) is 1.90. The molecule has 1 heterocycles. The van der Waals surface area contributed by atoms with Crippen molar-refractivity contribution in [3.05, 3.63) is 54.1 Å². The highest BCUT2D eigenvalue weighted by Gasteiger charge is 2.17. The number of benzene rings is 1. The van der Waals surface area contributed by atoms with Crippen molar-refractivity contribution in [2.45, 2.75) is 6.54 Å². The molecule has 0 spiro atoms. The van der Waals surface area contributed by atoms with E-state index in [-0.39, 0.29) is 18.3 Å². The molecule has 1 aromatic carbocycles. The summed E-state index contributed by atoms with van der Waals surface area (Å²) in [5, 5.41) is 0. The van der Waals surface area contributed by atoms with Crippen LogP contribution in [-0.4, -0.2) is 33.4 Å². The summed E-state index contributed by atoms with van der Waals surface area (Å²) >= 11 is 0. The predicted octanol–water partition coefficient (Wildman–Crippen LogP) is 1.44. The van der Waals surface area contributed by atoms with E-state index < -0.39 is 0 Å². The zero-order valence-electron chi connectivity index (χ0n) is 11.4. The number of halogens is 1. The monoisotopic (exact) mass is 294 g/mol. The summed E-state index contributed by atoms with van der Waals surface area (Å²) in [6.07, 6.45) is 3.34. The first kappa shape index (κ1) is 16.2. The van der Waals surface area contributed by atoms with E-state index in [0.29, 0.717) is 25.3 Å². The predicted molar refractivity (Wildman–Crippen MR) is 80.7 cm³/mol. The lowest BCUT2D eigenvalue weighted by Gasteiger charge is -2.21. The van der Waals surface area contributed by atoms with Gasteiger partial charge >= 0.3 is 0 Å². The number of nitrogens with two attached hydrogens (primary N) is 1. The van der Waals surface area contributed by atoms with Crippen LogP contribution in [0.3, 0.4) is 0 Å². The van der Waals surface area contributed by atoms with Crippen molar-refractivity contribution in [1.29, 1.82) is 0 Å². The van der Waals surface area contributed by atoms with Gasteiger partial charge in [-0.1, -0.05) is 30.3 Å². The maximum atomic E-state index is 12.3. The number of carbonyl (C=O) groups is 1. The summed E-state index contributed by atoms with van der Waals surface area (Å²) < 4.78 is 1.76. The Balaban J connectivity index is 0.00000200. The number of imidazole rings is 1. The lowest BCUT2D eigenvalue weighted by molar-refractivity contribution is 0.0743. The Kier molecular flexibility index (Phi) is 6.21. The molecule has 20 heavy (non-hydrogen) atoms. The van der Waals surface area contributed by atoms with E-state index in [1.807, 2.05) is 37.4 Å². The Labute approximate surface area is 124 Å². The topological polar surface area (TPSA) is 64.2 Å². The summed E-state index contributed by atoms with van der Waals surface area (Å²) in [5.74, 6) is -0.0881. The first-order chi connectivity index (χ1) is 9.20. The first-order valence-electron chi connectivity index (χ1n) is 6.22. The molecular weight excluding hydrogens is 276 g/mol. The summed E-state index contributed by atoms with van der Waals surface area (Å²) in [7, 11) is 1.84. The lowest BCUT2D eigenvalue weighted by atomic mass is 10.2. The summed E-state index contributed by atoms with van der Waals surface area (Å²) in [4.78, 5) is 18.2. The SMILES string of the molecule is Cl.Cn1cnc(C(=O)N(CCN)Cc2ccccc2)c1. The van der Waals surface area contributed by atoms with Gasteiger partial charge in [0.1, 0.15) is 5.69 Å². The Hall–Kier alpha value is -1.85. The van der Waals surface area contributed by atoms with E-state index in [4.69, 9.17) is 5.73 Å². The fourth-order valence-electron chi connectivity index (χ4n) is 1.90. The number of amides is 1. The molecule has 0 aliphatic carbocycles. The van der Waals surface area contributed by atoms with Crippen LogP contribution in [0.4, 0.5) is 0 Å². The highest BCUT2D eigenvalue weighted by molar-refractivity contribution is 5.92. The second-order valence-corrected chi connectivity index (χ2v) is 4.43. The normalized spacial score (nSPS) is 9.90. The van der Waals surface area contributed by atoms with Crippen LogP contribution in [0.25, 0.3) is 0 Å². The summed E-state index contributed by atoms with van der Waals surface area (Å²) in [5.41, 5.74) is 7.12. The van der Waals surface area contributed by atoms with Crippen LogP contribution in [0.1, 0.15) is 16.1 Å². The second-order valence-electron chi connectivity index (χ2n) is 4.43. The Bertz CT molecular complexity index is 541. The second kappa shape index (κ2) is 7.67. The van der Waals surface area contributed by atoms with Gasteiger partial charge in [-0.3, -0.25) is 4.79 Å². The van der Waals surface area contributed by atoms with Crippen LogP contribution in [0.15, 0.2) is 42.9 Å². The van der Waals surface area contributed by atoms with E-state index in [2.05, 4.69) is 4.98 Å². The number of nitrogens with zero attached hydrogens (tertiary/aromatic N) is 3. The van der Waals surface area contributed by atoms with Crippen molar-refractivity contribution in [2.75, 3.05) is 13.1 Å². The van der Waals surface area contributed by atoms with Crippen molar-refractivity contribution < 1.29 is 4.79 Å². The van der Waals surface area contributed by atoms with E-state index in [1.165, 1.54) is 0 Å². The minimum Gasteiger partial charge on any atom is -0.340 e. The third-order valence-electron chi connectivity index (χ3n) is 2.83. The molecule has 0 bridgehead atoms. The maximum Gasteiger partial charge on any atom is 0.274 e. The molecule has 0 saturated heterocycles. The number of carbonyl (C=O) groups excluding carboxylic acids is 1. The molecule has 2 N–H and O–H groups in total. The molecular formula is C14H19ClN4O. The average molecular weight is 295 g/mol. The van der Waals surface area contributed by atoms with Crippen LogP contribution in [0.2, 0.25) is 0 Å². The fraction of sp³-hybridized carbons (Fsp3) is 0.286. The third kappa shape index (κ3) is 4.08. The highest BCUT2D eigenvalue weighted by atomic mass is 35.5. The highest BCUT2D eigenvalue weighted by Crippen LogP contribution is 2.08. The van der Waals surface area contributed by atoms with E-state index >= 15 is 0 Å². The minimum absolute atomic E-state index is 0. The molecule has 1 aromatic heterocycles. The zero-order chi connectivity index (χ0) is 13.7. The van der Waals surface area contributed by atoms with Crippen molar-refractivity contribution in [3.8, 4) is 0 Å². The van der Waals surface area contributed by atoms with Gasteiger partial charge in [-0.15, -0.1) is 12.4 Å². The minimum atomic E-state index is -0.0881. The summed E-state index contributed by atoms with van der Waals surface area (Å²) in [6.45, 7) is 1.50. The average Bonchev–Trinajstić information content (AvgIpc) is 2.85. The molecule has 6 heteroatoms. The molecule has 0 fully saturated rings. The van der Waals surface area contributed by atoms with Gasteiger partial charge in [-0.05, 0) is 5.56 Å². The van der Waals surface area contributed by atoms with Gasteiger partial charge < -0.3 is 15.2 Å². The number of rotatable bonds is 5. The largest absolute Gasteiger partial charge is 0.340 e. The van der Waals surface area contributed by atoms with Gasteiger partial charge in [0.15, 0.2) is 0 Å². The molecule has 0 saturated carbocycles. The third-order valence-corrected chi connectivity index (χ3v) is 2.83. The Morgan fingerprint density at radius 2 is 2.05 bits per heavy atom. The molecule has 0 atom stereocenters. The van der Waals surface area contributed by atoms with E-state index in [0.717, 1.165) is 5.56 Å². The van der Waals surface area contributed by atoms with Gasteiger partial charge in [0, 0.05) is 32.9 Å². The molecule has 108 valence electrons. The lowest BCUT2D eigenvalue weighted by Crippen LogP contribution is -2.35. The molecule has 0 radical (unpaired) electrons. The van der Waals surface area contributed by atoms with Crippen molar-refractivity contribution >= 4 is 18.3 Å². The van der Waals surface area contributed by atoms with Crippen molar-refractivity contribution in [2.24, 2.45) is 12.8 Å².